The Morgan fingerprint density at radius 2 is 1.81 bits per heavy atom. The van der Waals surface area contributed by atoms with Crippen molar-refractivity contribution in [3.05, 3.63) is 64.4 Å². The van der Waals surface area contributed by atoms with E-state index in [9.17, 15) is 9.18 Å². The van der Waals surface area contributed by atoms with Gasteiger partial charge in [-0.3, -0.25) is 5.43 Å². The fourth-order valence-electron chi connectivity index (χ4n) is 1.64. The third-order valence-corrected chi connectivity index (χ3v) is 3.15. The topological polar surface area (TPSA) is 61.7 Å². The lowest BCUT2D eigenvalue weighted by Crippen LogP contribution is -2.02. The third kappa shape index (κ3) is 3.79. The minimum absolute atomic E-state index is 0.108. The maximum atomic E-state index is 12.8. The predicted molar refractivity (Wildman–Crippen MR) is 80.6 cm³/mol. The van der Waals surface area contributed by atoms with Crippen LogP contribution < -0.4 is 5.43 Å². The molecule has 0 aliphatic rings. The van der Waals surface area contributed by atoms with Gasteiger partial charge in [0, 0.05) is 0 Å². The molecule has 0 bridgehead atoms. The molecule has 6 heteroatoms. The van der Waals surface area contributed by atoms with Gasteiger partial charge in [0.1, 0.15) is 5.82 Å². The largest absolute Gasteiger partial charge is 0.478 e. The highest BCUT2D eigenvalue weighted by atomic mass is 35.5. The van der Waals surface area contributed by atoms with Gasteiger partial charge in [0.15, 0.2) is 0 Å². The Hall–Kier alpha value is -2.40. The first-order chi connectivity index (χ1) is 9.97. The van der Waals surface area contributed by atoms with E-state index < -0.39 is 5.97 Å². The van der Waals surface area contributed by atoms with E-state index in [0.29, 0.717) is 16.4 Å². The molecule has 0 amide bonds. The van der Waals surface area contributed by atoms with Crippen molar-refractivity contribution < 1.29 is 14.3 Å². The number of hydrogen-bond donors (Lipinski definition) is 2. The second kappa shape index (κ2) is 6.37. The van der Waals surface area contributed by atoms with E-state index in [4.69, 9.17) is 16.7 Å². The number of nitrogens with zero attached hydrogens (tertiary/aromatic N) is 1. The van der Waals surface area contributed by atoms with Crippen molar-refractivity contribution in [2.75, 3.05) is 5.43 Å². The summed E-state index contributed by atoms with van der Waals surface area (Å²) in [4.78, 5) is 10.9. The molecular formula is C15H12ClFN2O2. The Bertz CT molecular complexity index is 699. The number of hydrazone groups is 1. The highest BCUT2D eigenvalue weighted by Gasteiger charge is 2.07. The fraction of sp³-hybridized carbons (Fsp3) is 0.0667. The van der Waals surface area contributed by atoms with E-state index in [2.05, 4.69) is 10.5 Å². The average molecular weight is 307 g/mol. The number of halogens is 2. The van der Waals surface area contributed by atoms with Gasteiger partial charge in [-0.2, -0.15) is 5.10 Å². The first-order valence-electron chi connectivity index (χ1n) is 6.06. The molecule has 0 saturated carbocycles. The van der Waals surface area contributed by atoms with Crippen LogP contribution in [0.25, 0.3) is 0 Å². The van der Waals surface area contributed by atoms with Crippen LogP contribution in [-0.2, 0) is 0 Å². The molecule has 0 aliphatic carbocycles. The Balaban J connectivity index is 2.21. The normalized spacial score (nSPS) is 11.3. The molecule has 2 aromatic rings. The molecule has 108 valence electrons. The summed E-state index contributed by atoms with van der Waals surface area (Å²) in [6.07, 6.45) is 0. The van der Waals surface area contributed by atoms with Crippen LogP contribution in [0.5, 0.6) is 0 Å². The molecule has 2 N–H and O–H groups in total. The molecular weight excluding hydrogens is 295 g/mol. The number of benzene rings is 2. The monoisotopic (exact) mass is 306 g/mol. The summed E-state index contributed by atoms with van der Waals surface area (Å²) >= 11 is 5.98. The molecule has 0 heterocycles. The maximum Gasteiger partial charge on any atom is 0.335 e. The van der Waals surface area contributed by atoms with Crippen molar-refractivity contribution in [2.24, 2.45) is 5.10 Å². The zero-order chi connectivity index (χ0) is 15.4. The van der Waals surface area contributed by atoms with Gasteiger partial charge in [-0.15, -0.1) is 0 Å². The average Bonchev–Trinajstić information content (AvgIpc) is 2.46. The van der Waals surface area contributed by atoms with Crippen LogP contribution in [0, 0.1) is 5.82 Å². The van der Waals surface area contributed by atoms with Crippen LogP contribution in [0.15, 0.2) is 47.6 Å². The molecule has 0 atom stereocenters. The zero-order valence-corrected chi connectivity index (χ0v) is 11.9. The van der Waals surface area contributed by atoms with E-state index in [-0.39, 0.29) is 11.4 Å². The SMILES string of the molecule is C/C(=N/Nc1cc(C(=O)O)ccc1Cl)c1ccc(F)cc1. The van der Waals surface area contributed by atoms with Gasteiger partial charge < -0.3 is 5.11 Å². The van der Waals surface area contributed by atoms with Gasteiger partial charge in [-0.1, -0.05) is 23.7 Å². The fourth-order valence-corrected chi connectivity index (χ4v) is 1.80. The maximum absolute atomic E-state index is 12.8. The van der Waals surface area contributed by atoms with Crippen LogP contribution in [0.3, 0.4) is 0 Å². The number of nitrogens with one attached hydrogen (secondary N) is 1. The second-order valence-electron chi connectivity index (χ2n) is 4.32. The van der Waals surface area contributed by atoms with Crippen molar-refractivity contribution in [1.29, 1.82) is 0 Å². The second-order valence-corrected chi connectivity index (χ2v) is 4.72. The lowest BCUT2D eigenvalue weighted by molar-refractivity contribution is 0.0697. The van der Waals surface area contributed by atoms with Gasteiger partial charge in [-0.05, 0) is 42.8 Å². The summed E-state index contributed by atoms with van der Waals surface area (Å²) in [7, 11) is 0. The molecule has 0 aliphatic heterocycles. The van der Waals surface area contributed by atoms with Crippen molar-refractivity contribution in [3.63, 3.8) is 0 Å². The molecule has 0 unspecified atom stereocenters. The lowest BCUT2D eigenvalue weighted by Gasteiger charge is -2.06. The summed E-state index contributed by atoms with van der Waals surface area (Å²) in [6.45, 7) is 1.75. The Morgan fingerprint density at radius 1 is 1.19 bits per heavy atom. The Labute approximate surface area is 125 Å². The molecule has 21 heavy (non-hydrogen) atoms. The van der Waals surface area contributed by atoms with E-state index >= 15 is 0 Å². The minimum Gasteiger partial charge on any atom is -0.478 e. The number of carboxylic acid groups (broad SMARTS) is 1. The van der Waals surface area contributed by atoms with Gasteiger partial charge in [0.2, 0.25) is 0 Å². The van der Waals surface area contributed by atoms with Crippen molar-refractivity contribution in [1.82, 2.24) is 0 Å². The van der Waals surface area contributed by atoms with Crippen molar-refractivity contribution in [3.8, 4) is 0 Å². The molecule has 0 aromatic heterocycles. The van der Waals surface area contributed by atoms with Gasteiger partial charge in [0.25, 0.3) is 0 Å². The van der Waals surface area contributed by atoms with E-state index in [1.807, 2.05) is 0 Å². The van der Waals surface area contributed by atoms with Crippen LogP contribution >= 0.6 is 11.6 Å². The minimum atomic E-state index is -1.05. The molecule has 0 fully saturated rings. The third-order valence-electron chi connectivity index (χ3n) is 2.82. The molecule has 4 nitrogen and oxygen atoms in total. The number of anilines is 1. The number of hydrogen-bond acceptors (Lipinski definition) is 3. The first kappa shape index (κ1) is 15.0. The van der Waals surface area contributed by atoms with E-state index in [0.717, 1.165) is 5.56 Å². The van der Waals surface area contributed by atoms with Gasteiger partial charge in [-0.25, -0.2) is 9.18 Å². The first-order valence-corrected chi connectivity index (χ1v) is 6.44. The quantitative estimate of drug-likeness (QED) is 0.662. The lowest BCUT2D eigenvalue weighted by atomic mass is 10.1. The van der Waals surface area contributed by atoms with Crippen molar-refractivity contribution >= 4 is 29.0 Å². The smallest absolute Gasteiger partial charge is 0.335 e. The number of aromatic carboxylic acids is 1. The number of carboxylic acids is 1. The van der Waals surface area contributed by atoms with Crippen LogP contribution in [0.4, 0.5) is 10.1 Å². The van der Waals surface area contributed by atoms with Gasteiger partial charge >= 0.3 is 5.97 Å². The summed E-state index contributed by atoms with van der Waals surface area (Å²) in [6, 6.07) is 10.2. The molecule has 2 rings (SSSR count). The standard InChI is InChI=1S/C15H12ClFN2O2/c1-9(10-2-5-12(17)6-3-10)18-19-14-8-11(15(20)21)4-7-13(14)16/h2-8,19H,1H3,(H,20,21)/b18-9-. The van der Waals surface area contributed by atoms with E-state index in [1.165, 1.54) is 30.3 Å². The van der Waals surface area contributed by atoms with Crippen LogP contribution in [0.2, 0.25) is 5.02 Å². The number of rotatable bonds is 4. The van der Waals surface area contributed by atoms with Crippen LogP contribution in [-0.4, -0.2) is 16.8 Å². The van der Waals surface area contributed by atoms with Gasteiger partial charge in [0.05, 0.1) is 22.0 Å². The highest BCUT2D eigenvalue weighted by molar-refractivity contribution is 6.33. The Morgan fingerprint density at radius 3 is 2.43 bits per heavy atom. The number of carbonyl (C=O) groups is 1. The summed E-state index contributed by atoms with van der Waals surface area (Å²) in [5.74, 6) is -1.37. The van der Waals surface area contributed by atoms with Crippen molar-refractivity contribution in [2.45, 2.75) is 6.92 Å². The highest BCUT2D eigenvalue weighted by Crippen LogP contribution is 2.23. The summed E-state index contributed by atoms with van der Waals surface area (Å²) in [5.41, 5.74) is 4.58. The molecule has 2 aromatic carbocycles. The molecule has 0 spiro atoms. The molecule has 0 radical (unpaired) electrons. The predicted octanol–water partition coefficient (Wildman–Crippen LogP) is 4.01. The molecule has 0 saturated heterocycles. The summed E-state index contributed by atoms with van der Waals surface area (Å²) < 4.78 is 12.8. The Kier molecular flexibility index (Phi) is 4.55. The zero-order valence-electron chi connectivity index (χ0n) is 11.1. The summed E-state index contributed by atoms with van der Waals surface area (Å²) in [5, 5.41) is 13.4. The van der Waals surface area contributed by atoms with Crippen LogP contribution in [0.1, 0.15) is 22.8 Å². The van der Waals surface area contributed by atoms with E-state index in [1.54, 1.807) is 19.1 Å².